The van der Waals surface area contributed by atoms with Crippen LogP contribution in [0.5, 0.6) is 23.0 Å². The van der Waals surface area contributed by atoms with Crippen LogP contribution in [0.1, 0.15) is 18.1 Å². The van der Waals surface area contributed by atoms with Crippen LogP contribution in [0.2, 0.25) is 0 Å². The summed E-state index contributed by atoms with van der Waals surface area (Å²) >= 11 is 0. The highest BCUT2D eigenvalue weighted by Gasteiger charge is 2.15. The summed E-state index contributed by atoms with van der Waals surface area (Å²) in [6, 6.07) is 11.6. The molecule has 0 atom stereocenters. The molecule has 0 saturated carbocycles. The molecule has 0 aliphatic heterocycles. The Labute approximate surface area is 137 Å². The van der Waals surface area contributed by atoms with Crippen LogP contribution in [-0.4, -0.2) is 28.4 Å². The first-order valence-corrected chi connectivity index (χ1v) is 7.29. The number of benzene rings is 2. The fourth-order valence-corrected chi connectivity index (χ4v) is 2.54. The Morgan fingerprint density at radius 1 is 0.826 bits per heavy atom. The van der Waals surface area contributed by atoms with Crippen molar-refractivity contribution in [3.8, 4) is 23.0 Å². The monoisotopic (exact) mass is 314 g/mol. The van der Waals surface area contributed by atoms with Crippen molar-refractivity contribution in [2.75, 3.05) is 28.4 Å². The molecule has 0 fully saturated rings. The lowest BCUT2D eigenvalue weighted by atomic mass is 9.96. The number of hydrogen-bond acceptors (Lipinski definition) is 4. The van der Waals surface area contributed by atoms with E-state index < -0.39 is 0 Å². The summed E-state index contributed by atoms with van der Waals surface area (Å²) in [5.41, 5.74) is 2.94. The van der Waals surface area contributed by atoms with Crippen molar-refractivity contribution in [3.63, 3.8) is 0 Å². The number of allylic oxidation sites excluding steroid dienone is 1. The van der Waals surface area contributed by atoms with Gasteiger partial charge in [-0.15, -0.1) is 0 Å². The molecule has 4 nitrogen and oxygen atoms in total. The third-order valence-corrected chi connectivity index (χ3v) is 3.64. The van der Waals surface area contributed by atoms with E-state index in [9.17, 15) is 0 Å². The van der Waals surface area contributed by atoms with E-state index in [1.807, 2.05) is 49.4 Å². The fraction of sp³-hybridized carbons (Fsp3) is 0.263. The van der Waals surface area contributed by atoms with Crippen molar-refractivity contribution in [2.24, 2.45) is 0 Å². The lowest BCUT2D eigenvalue weighted by Gasteiger charge is -2.16. The SMILES string of the molecule is CC=C(c1cc(OC)cc(OC)c1)c1cccc(OC)c1OC. The van der Waals surface area contributed by atoms with Crippen LogP contribution in [0.15, 0.2) is 42.5 Å². The van der Waals surface area contributed by atoms with E-state index >= 15 is 0 Å². The molecule has 2 rings (SSSR count). The lowest BCUT2D eigenvalue weighted by molar-refractivity contribution is 0.354. The maximum atomic E-state index is 5.56. The molecule has 0 saturated heterocycles. The zero-order valence-corrected chi connectivity index (χ0v) is 14.2. The van der Waals surface area contributed by atoms with Gasteiger partial charge in [-0.05, 0) is 36.3 Å². The van der Waals surface area contributed by atoms with Gasteiger partial charge in [0.1, 0.15) is 11.5 Å². The first-order valence-electron chi connectivity index (χ1n) is 7.29. The molecule has 0 heterocycles. The Hall–Kier alpha value is -2.62. The highest BCUT2D eigenvalue weighted by molar-refractivity contribution is 5.84. The van der Waals surface area contributed by atoms with Crippen molar-refractivity contribution in [1.29, 1.82) is 0 Å². The highest BCUT2D eigenvalue weighted by atomic mass is 16.5. The molecule has 0 aromatic heterocycles. The summed E-state index contributed by atoms with van der Waals surface area (Å²) in [6.07, 6.45) is 2.03. The Bertz CT molecular complexity index is 682. The summed E-state index contributed by atoms with van der Waals surface area (Å²) in [7, 11) is 6.55. The smallest absolute Gasteiger partial charge is 0.168 e. The molecule has 2 aromatic rings. The van der Waals surface area contributed by atoms with Crippen LogP contribution < -0.4 is 18.9 Å². The second-order valence-electron chi connectivity index (χ2n) is 4.84. The summed E-state index contributed by atoms with van der Waals surface area (Å²) in [6.45, 7) is 1.99. The molecule has 0 aliphatic rings. The number of methoxy groups -OCH3 is 4. The summed E-state index contributed by atoms with van der Waals surface area (Å²) in [5.74, 6) is 2.87. The van der Waals surface area contributed by atoms with Gasteiger partial charge in [-0.25, -0.2) is 0 Å². The number of para-hydroxylation sites is 1. The topological polar surface area (TPSA) is 36.9 Å². The molecule has 0 aliphatic carbocycles. The van der Waals surface area contributed by atoms with Gasteiger partial charge in [0.2, 0.25) is 0 Å². The number of ether oxygens (including phenoxy) is 4. The first kappa shape index (κ1) is 16.7. The van der Waals surface area contributed by atoms with Gasteiger partial charge in [0, 0.05) is 11.6 Å². The predicted molar refractivity (Wildman–Crippen MR) is 91.8 cm³/mol. The van der Waals surface area contributed by atoms with Crippen molar-refractivity contribution in [3.05, 3.63) is 53.6 Å². The minimum Gasteiger partial charge on any atom is -0.497 e. The van der Waals surface area contributed by atoms with Crippen LogP contribution in [-0.2, 0) is 0 Å². The van der Waals surface area contributed by atoms with Gasteiger partial charge in [-0.2, -0.15) is 0 Å². The van der Waals surface area contributed by atoms with Gasteiger partial charge in [0.05, 0.1) is 28.4 Å². The number of hydrogen-bond donors (Lipinski definition) is 0. The van der Waals surface area contributed by atoms with E-state index in [-0.39, 0.29) is 0 Å². The molecular formula is C19H22O4. The molecule has 2 aromatic carbocycles. The minimum atomic E-state index is 0.694. The fourth-order valence-electron chi connectivity index (χ4n) is 2.54. The largest absolute Gasteiger partial charge is 0.497 e. The molecular weight excluding hydrogens is 292 g/mol. The van der Waals surface area contributed by atoms with Crippen LogP contribution in [0.4, 0.5) is 0 Å². The van der Waals surface area contributed by atoms with Gasteiger partial charge in [0.15, 0.2) is 11.5 Å². The first-order chi connectivity index (χ1) is 11.2. The highest BCUT2D eigenvalue weighted by Crippen LogP contribution is 2.39. The van der Waals surface area contributed by atoms with E-state index in [4.69, 9.17) is 18.9 Å². The zero-order chi connectivity index (χ0) is 16.8. The van der Waals surface area contributed by atoms with Gasteiger partial charge < -0.3 is 18.9 Å². The van der Waals surface area contributed by atoms with E-state index in [0.29, 0.717) is 11.5 Å². The Balaban J connectivity index is 2.62. The molecule has 0 radical (unpaired) electrons. The van der Waals surface area contributed by atoms with Crippen LogP contribution in [0.3, 0.4) is 0 Å². The van der Waals surface area contributed by atoms with E-state index in [0.717, 1.165) is 28.2 Å². The zero-order valence-electron chi connectivity index (χ0n) is 14.2. The minimum absolute atomic E-state index is 0.694. The Morgan fingerprint density at radius 2 is 1.48 bits per heavy atom. The van der Waals surface area contributed by atoms with Gasteiger partial charge in [-0.3, -0.25) is 0 Å². The second-order valence-corrected chi connectivity index (χ2v) is 4.84. The molecule has 0 unspecified atom stereocenters. The average Bonchev–Trinajstić information content (AvgIpc) is 2.61. The molecule has 0 N–H and O–H groups in total. The van der Waals surface area contributed by atoms with Gasteiger partial charge >= 0.3 is 0 Å². The van der Waals surface area contributed by atoms with Crippen molar-refractivity contribution in [2.45, 2.75) is 6.92 Å². The third kappa shape index (κ3) is 3.42. The molecule has 23 heavy (non-hydrogen) atoms. The molecule has 122 valence electrons. The summed E-state index contributed by atoms with van der Waals surface area (Å²) in [5, 5.41) is 0. The van der Waals surface area contributed by atoms with Gasteiger partial charge in [0.25, 0.3) is 0 Å². The third-order valence-electron chi connectivity index (χ3n) is 3.64. The van der Waals surface area contributed by atoms with Crippen LogP contribution in [0, 0.1) is 0 Å². The maximum absolute atomic E-state index is 5.56. The standard InChI is InChI=1S/C19H22O4/c1-6-16(13-10-14(20-2)12-15(11-13)21-3)17-8-7-9-18(22-4)19(17)23-5/h6-12H,1-5H3. The van der Waals surface area contributed by atoms with Crippen molar-refractivity contribution >= 4 is 5.57 Å². The van der Waals surface area contributed by atoms with Crippen molar-refractivity contribution in [1.82, 2.24) is 0 Å². The second kappa shape index (κ2) is 7.58. The Morgan fingerprint density at radius 3 is 1.96 bits per heavy atom. The average molecular weight is 314 g/mol. The molecule has 4 heteroatoms. The Kier molecular flexibility index (Phi) is 5.52. The normalized spacial score (nSPS) is 11.1. The van der Waals surface area contributed by atoms with E-state index in [2.05, 4.69) is 0 Å². The van der Waals surface area contributed by atoms with E-state index in [1.54, 1.807) is 28.4 Å². The van der Waals surface area contributed by atoms with Crippen molar-refractivity contribution < 1.29 is 18.9 Å². The maximum Gasteiger partial charge on any atom is 0.168 e. The van der Waals surface area contributed by atoms with Crippen LogP contribution >= 0.6 is 0 Å². The molecule has 0 spiro atoms. The number of rotatable bonds is 6. The molecule has 0 amide bonds. The summed E-state index contributed by atoms with van der Waals surface area (Å²) < 4.78 is 21.7. The van der Waals surface area contributed by atoms with Gasteiger partial charge in [-0.1, -0.05) is 18.2 Å². The molecule has 0 bridgehead atoms. The lowest BCUT2D eigenvalue weighted by Crippen LogP contribution is -1.98. The van der Waals surface area contributed by atoms with E-state index in [1.165, 1.54) is 0 Å². The quantitative estimate of drug-likeness (QED) is 0.802. The summed E-state index contributed by atoms with van der Waals surface area (Å²) in [4.78, 5) is 0. The van der Waals surface area contributed by atoms with Crippen LogP contribution in [0.25, 0.3) is 5.57 Å². The predicted octanol–water partition coefficient (Wildman–Crippen LogP) is 4.17.